The van der Waals surface area contributed by atoms with Gasteiger partial charge in [0.25, 0.3) is 5.56 Å². The number of carbonyl (C=O) groups excluding carboxylic acids is 2. The third kappa shape index (κ3) is 5.16. The highest BCUT2D eigenvalue weighted by molar-refractivity contribution is 7.17. The summed E-state index contributed by atoms with van der Waals surface area (Å²) in [5.41, 5.74) is 2.55. The number of nitrogens with one attached hydrogen (secondary N) is 1. The van der Waals surface area contributed by atoms with Crippen molar-refractivity contribution in [1.29, 1.82) is 0 Å². The Morgan fingerprint density at radius 1 is 1.21 bits per heavy atom. The van der Waals surface area contributed by atoms with E-state index in [9.17, 15) is 14.4 Å². The molecule has 0 bridgehead atoms. The Kier molecular flexibility index (Phi) is 7.72. The van der Waals surface area contributed by atoms with Crippen LogP contribution in [-0.4, -0.2) is 42.3 Å². The lowest BCUT2D eigenvalue weighted by molar-refractivity contribution is -0.116. The molecule has 0 spiro atoms. The van der Waals surface area contributed by atoms with Gasteiger partial charge in [0, 0.05) is 15.8 Å². The molecule has 0 saturated heterocycles. The molecule has 204 valence electrons. The van der Waals surface area contributed by atoms with Crippen LogP contribution in [0.2, 0.25) is 0 Å². The number of aromatic nitrogens is 2. The van der Waals surface area contributed by atoms with Crippen molar-refractivity contribution in [2.24, 2.45) is 5.92 Å². The number of hydrogen-bond acceptors (Lipinski definition) is 9. The first kappa shape index (κ1) is 26.9. The van der Waals surface area contributed by atoms with Gasteiger partial charge in [0.05, 0.1) is 38.1 Å². The van der Waals surface area contributed by atoms with Gasteiger partial charge in [-0.1, -0.05) is 13.0 Å². The van der Waals surface area contributed by atoms with Gasteiger partial charge in [-0.15, -0.1) is 22.7 Å². The van der Waals surface area contributed by atoms with Crippen molar-refractivity contribution in [3.05, 3.63) is 56.3 Å². The van der Waals surface area contributed by atoms with Crippen molar-refractivity contribution in [2.75, 3.05) is 26.1 Å². The van der Waals surface area contributed by atoms with Crippen molar-refractivity contribution >= 4 is 49.8 Å². The van der Waals surface area contributed by atoms with Crippen LogP contribution in [0.25, 0.3) is 21.3 Å². The van der Waals surface area contributed by atoms with Gasteiger partial charge in [0.2, 0.25) is 5.91 Å². The van der Waals surface area contributed by atoms with Gasteiger partial charge in [0.15, 0.2) is 11.5 Å². The van der Waals surface area contributed by atoms with E-state index in [1.165, 1.54) is 33.6 Å². The summed E-state index contributed by atoms with van der Waals surface area (Å²) in [6.45, 7) is 3.94. The molecule has 1 unspecified atom stereocenters. The summed E-state index contributed by atoms with van der Waals surface area (Å²) in [6, 6.07) is 5.44. The van der Waals surface area contributed by atoms with Crippen LogP contribution in [0.3, 0.4) is 0 Å². The fraction of sp³-hybridized carbons (Fsp3) is 0.357. The van der Waals surface area contributed by atoms with Crippen LogP contribution >= 0.6 is 22.7 Å². The van der Waals surface area contributed by atoms with E-state index >= 15 is 0 Å². The van der Waals surface area contributed by atoms with E-state index in [0.29, 0.717) is 43.8 Å². The van der Waals surface area contributed by atoms with E-state index in [-0.39, 0.29) is 18.7 Å². The first-order chi connectivity index (χ1) is 18.8. The van der Waals surface area contributed by atoms with Crippen LogP contribution in [0.1, 0.15) is 41.1 Å². The number of fused-ring (bicyclic) bond motifs is 2. The maximum Gasteiger partial charge on any atom is 0.341 e. The molecule has 0 radical (unpaired) electrons. The number of anilines is 1. The van der Waals surface area contributed by atoms with E-state index in [2.05, 4.69) is 17.2 Å². The number of ether oxygens (including phenoxy) is 3. The Labute approximate surface area is 233 Å². The van der Waals surface area contributed by atoms with E-state index in [0.717, 1.165) is 35.3 Å². The highest BCUT2D eigenvalue weighted by atomic mass is 32.1. The van der Waals surface area contributed by atoms with Gasteiger partial charge in [-0.25, -0.2) is 9.78 Å². The van der Waals surface area contributed by atoms with Crippen molar-refractivity contribution in [1.82, 2.24) is 9.55 Å². The molecule has 1 amide bonds. The predicted molar refractivity (Wildman–Crippen MR) is 153 cm³/mol. The van der Waals surface area contributed by atoms with Crippen molar-refractivity contribution in [2.45, 2.75) is 39.7 Å². The van der Waals surface area contributed by atoms with E-state index in [1.54, 1.807) is 33.3 Å². The maximum absolute atomic E-state index is 13.5. The number of carbonyl (C=O) groups is 2. The van der Waals surface area contributed by atoms with Crippen molar-refractivity contribution in [3.63, 3.8) is 0 Å². The van der Waals surface area contributed by atoms with Crippen LogP contribution in [-0.2, 0) is 28.9 Å². The van der Waals surface area contributed by atoms with Gasteiger partial charge >= 0.3 is 5.97 Å². The molecule has 0 aliphatic heterocycles. The summed E-state index contributed by atoms with van der Waals surface area (Å²) >= 11 is 2.77. The number of nitrogens with zero attached hydrogens (tertiary/aromatic N) is 2. The highest BCUT2D eigenvalue weighted by Gasteiger charge is 2.29. The summed E-state index contributed by atoms with van der Waals surface area (Å²) in [5, 5.41) is 5.65. The summed E-state index contributed by atoms with van der Waals surface area (Å²) in [4.78, 5) is 45.6. The Balaban J connectivity index is 1.45. The van der Waals surface area contributed by atoms with Crippen LogP contribution in [0.4, 0.5) is 5.00 Å². The zero-order valence-corrected chi connectivity index (χ0v) is 23.8. The molecule has 0 fully saturated rings. The molecule has 1 aromatic carbocycles. The minimum atomic E-state index is -0.432. The molecule has 1 aliphatic rings. The van der Waals surface area contributed by atoms with E-state index < -0.39 is 11.9 Å². The van der Waals surface area contributed by atoms with Gasteiger partial charge in [-0.05, 0) is 55.4 Å². The first-order valence-corrected chi connectivity index (χ1v) is 14.3. The predicted octanol–water partition coefficient (Wildman–Crippen LogP) is 5.14. The quantitative estimate of drug-likeness (QED) is 0.294. The fourth-order valence-electron chi connectivity index (χ4n) is 4.88. The highest BCUT2D eigenvalue weighted by Crippen LogP contribution is 2.40. The number of amides is 1. The molecule has 1 aliphatic carbocycles. The molecule has 1 atom stereocenters. The molecular formula is C28H29N3O6S2. The topological polar surface area (TPSA) is 109 Å². The minimum absolute atomic E-state index is 0.246. The zero-order valence-electron chi connectivity index (χ0n) is 22.2. The number of esters is 1. The lowest BCUT2D eigenvalue weighted by Gasteiger charge is -2.18. The van der Waals surface area contributed by atoms with Crippen LogP contribution in [0.15, 0.2) is 34.7 Å². The second kappa shape index (κ2) is 11.2. The third-order valence-electron chi connectivity index (χ3n) is 6.81. The monoisotopic (exact) mass is 567 g/mol. The SMILES string of the molecule is CCOC(=O)c1c(NC(=O)Cn2cnc3scc(-c4ccc(OC)c(OC)c4)c3c2=O)sc2c1CCC(C)C2. The third-order valence-corrected chi connectivity index (χ3v) is 8.87. The summed E-state index contributed by atoms with van der Waals surface area (Å²) < 4.78 is 17.3. The molecule has 3 aromatic heterocycles. The Morgan fingerprint density at radius 2 is 2.00 bits per heavy atom. The smallest absolute Gasteiger partial charge is 0.341 e. The van der Waals surface area contributed by atoms with Gasteiger partial charge in [-0.3, -0.25) is 14.2 Å². The fourth-order valence-corrected chi connectivity index (χ4v) is 7.20. The summed E-state index contributed by atoms with van der Waals surface area (Å²) in [6.07, 6.45) is 3.99. The molecule has 0 saturated carbocycles. The van der Waals surface area contributed by atoms with E-state index in [4.69, 9.17) is 14.2 Å². The standard InChI is InChI=1S/C28H29N3O6S2/c1-5-37-28(34)24-17-8-6-15(2)10-21(17)39-26(24)30-22(32)12-31-14-29-25-23(27(31)33)18(13-38-25)16-7-9-19(35-3)20(11-16)36-4/h7,9,11,13-15H,5-6,8,10,12H2,1-4H3,(H,30,32). The first-order valence-electron chi connectivity index (χ1n) is 12.6. The molecule has 1 N–H and O–H groups in total. The van der Waals surface area contributed by atoms with Gasteiger partial charge < -0.3 is 19.5 Å². The number of thiophene rings is 2. The Bertz CT molecular complexity index is 1620. The average Bonchev–Trinajstić information content (AvgIpc) is 3.51. The largest absolute Gasteiger partial charge is 0.493 e. The minimum Gasteiger partial charge on any atom is -0.493 e. The number of benzene rings is 1. The molecule has 4 aromatic rings. The Hall–Kier alpha value is -3.70. The Morgan fingerprint density at radius 3 is 2.74 bits per heavy atom. The molecular weight excluding hydrogens is 538 g/mol. The molecule has 11 heteroatoms. The normalized spacial score (nSPS) is 14.6. The molecule has 3 heterocycles. The van der Waals surface area contributed by atoms with Crippen LogP contribution in [0, 0.1) is 5.92 Å². The van der Waals surface area contributed by atoms with Gasteiger partial charge in [-0.2, -0.15) is 0 Å². The van der Waals surface area contributed by atoms with Crippen molar-refractivity contribution in [3.8, 4) is 22.6 Å². The van der Waals surface area contributed by atoms with Crippen LogP contribution < -0.4 is 20.3 Å². The maximum atomic E-state index is 13.5. The van der Waals surface area contributed by atoms with Crippen LogP contribution in [0.5, 0.6) is 11.5 Å². The van der Waals surface area contributed by atoms with Crippen molar-refractivity contribution < 1.29 is 23.8 Å². The van der Waals surface area contributed by atoms with Gasteiger partial charge in [0.1, 0.15) is 16.4 Å². The second-order valence-corrected chi connectivity index (χ2v) is 11.4. The second-order valence-electron chi connectivity index (χ2n) is 9.40. The lowest BCUT2D eigenvalue weighted by atomic mass is 9.88. The van der Waals surface area contributed by atoms with E-state index in [1.807, 2.05) is 11.4 Å². The number of methoxy groups -OCH3 is 2. The molecule has 5 rings (SSSR count). The molecule has 9 nitrogen and oxygen atoms in total. The average molecular weight is 568 g/mol. The summed E-state index contributed by atoms with van der Waals surface area (Å²) in [5.74, 6) is 0.788. The molecule has 39 heavy (non-hydrogen) atoms. The zero-order chi connectivity index (χ0) is 27.7. The summed E-state index contributed by atoms with van der Waals surface area (Å²) in [7, 11) is 3.12. The number of hydrogen-bond donors (Lipinski definition) is 1. The lowest BCUT2D eigenvalue weighted by Crippen LogP contribution is -2.28. The number of rotatable bonds is 8.